The smallest absolute Gasteiger partial charge is 0.124 e. The van der Waals surface area contributed by atoms with Crippen LogP contribution in [0.15, 0.2) is 51.4 Å². The van der Waals surface area contributed by atoms with E-state index in [0.29, 0.717) is 5.56 Å². The third-order valence-electron chi connectivity index (χ3n) is 2.24. The number of rotatable bonds is 1. The molecule has 4 heteroatoms. The zero-order valence-corrected chi connectivity index (χ0v) is 12.9. The predicted molar refractivity (Wildman–Crippen MR) is 77.8 cm³/mol. The Morgan fingerprint density at radius 1 is 1.00 bits per heavy atom. The summed E-state index contributed by atoms with van der Waals surface area (Å²) in [4.78, 5) is 0. The van der Waals surface area contributed by atoms with Gasteiger partial charge in [0.1, 0.15) is 12.5 Å². The number of benzene rings is 2. The molecule has 0 fully saturated rings. The minimum atomic E-state index is -0.401. The van der Waals surface area contributed by atoms with Crippen LogP contribution in [-0.4, -0.2) is 0 Å². The van der Waals surface area contributed by atoms with Gasteiger partial charge < -0.3 is 0 Å². The first-order valence-corrected chi connectivity index (χ1v) is 6.84. The fourth-order valence-electron chi connectivity index (χ4n) is 1.17. The zero-order valence-electron chi connectivity index (χ0n) is 9.76. The quantitative estimate of drug-likeness (QED) is 0.587. The molecule has 0 nitrogen and oxygen atoms in total. The second kappa shape index (κ2) is 7.64. The highest BCUT2D eigenvalue weighted by molar-refractivity contribution is 9.10. The molecule has 0 aliphatic carbocycles. The summed E-state index contributed by atoms with van der Waals surface area (Å²) in [5.41, 5.74) is 1.76. The van der Waals surface area contributed by atoms with Gasteiger partial charge in [-0.2, -0.15) is 0 Å². The van der Waals surface area contributed by atoms with Crippen molar-refractivity contribution in [1.82, 2.24) is 0 Å². The highest BCUT2D eigenvalue weighted by Gasteiger charge is 1.94. The molecule has 0 atom stereocenters. The molecule has 2 aromatic rings. The summed E-state index contributed by atoms with van der Waals surface area (Å²) in [5.74, 6) is -0.201. The van der Waals surface area contributed by atoms with E-state index in [2.05, 4.69) is 31.9 Å². The summed E-state index contributed by atoms with van der Waals surface area (Å²) < 4.78 is 25.9. The van der Waals surface area contributed by atoms with Gasteiger partial charge in [0.05, 0.1) is 0 Å². The first-order valence-electron chi connectivity index (χ1n) is 5.25. The van der Waals surface area contributed by atoms with E-state index < -0.39 is 6.67 Å². The van der Waals surface area contributed by atoms with Crippen LogP contribution in [0, 0.1) is 12.7 Å². The zero-order chi connectivity index (χ0) is 13.5. The summed E-state index contributed by atoms with van der Waals surface area (Å²) in [6, 6.07) is 11.9. The van der Waals surface area contributed by atoms with Crippen LogP contribution in [0.4, 0.5) is 8.78 Å². The summed E-state index contributed by atoms with van der Waals surface area (Å²) in [7, 11) is 0. The average Bonchev–Trinajstić information content (AvgIpc) is 2.36. The summed E-state index contributed by atoms with van der Waals surface area (Å²) in [6.07, 6.45) is 0. The Labute approximate surface area is 122 Å². The fourth-order valence-corrected chi connectivity index (χ4v) is 1.92. The minimum absolute atomic E-state index is 0.201. The molecule has 0 spiro atoms. The molecule has 0 heterocycles. The van der Waals surface area contributed by atoms with E-state index in [1.165, 1.54) is 12.1 Å². The van der Waals surface area contributed by atoms with Crippen LogP contribution in [0.5, 0.6) is 0 Å². The van der Waals surface area contributed by atoms with Crippen molar-refractivity contribution in [2.45, 2.75) is 13.6 Å². The molecule has 0 saturated heterocycles. The Morgan fingerprint density at radius 2 is 1.67 bits per heavy atom. The lowest BCUT2D eigenvalue weighted by Crippen LogP contribution is -1.77. The van der Waals surface area contributed by atoms with E-state index in [4.69, 9.17) is 0 Å². The summed E-state index contributed by atoms with van der Waals surface area (Å²) in [5, 5.41) is 0. The van der Waals surface area contributed by atoms with E-state index in [1.807, 2.05) is 25.1 Å². The van der Waals surface area contributed by atoms with Gasteiger partial charge in [0.15, 0.2) is 0 Å². The number of alkyl halides is 1. The largest absolute Gasteiger partial charge is 0.246 e. The van der Waals surface area contributed by atoms with Gasteiger partial charge in [-0.3, -0.25) is 0 Å². The second-order valence-corrected chi connectivity index (χ2v) is 5.33. The Hall–Kier alpha value is -0.740. The van der Waals surface area contributed by atoms with Crippen LogP contribution in [0.3, 0.4) is 0 Å². The van der Waals surface area contributed by atoms with Crippen molar-refractivity contribution in [3.63, 3.8) is 0 Å². The predicted octanol–water partition coefficient (Wildman–Crippen LogP) is 5.82. The molecular weight excluding hydrogens is 366 g/mol. The molecule has 2 aromatic carbocycles. The number of aryl methyl sites for hydroxylation is 1. The molecule has 0 radical (unpaired) electrons. The molecule has 0 N–H and O–H groups in total. The van der Waals surface area contributed by atoms with Crippen molar-refractivity contribution < 1.29 is 8.78 Å². The van der Waals surface area contributed by atoms with Crippen LogP contribution >= 0.6 is 31.9 Å². The SMILES string of the molecule is Cc1ccc(F)cc1Br.FCc1ccccc1Br. The van der Waals surface area contributed by atoms with Crippen molar-refractivity contribution in [2.24, 2.45) is 0 Å². The minimum Gasteiger partial charge on any atom is -0.246 e. The van der Waals surface area contributed by atoms with Gasteiger partial charge in [0.2, 0.25) is 0 Å². The Balaban J connectivity index is 0.000000180. The molecule has 0 amide bonds. The highest BCUT2D eigenvalue weighted by atomic mass is 79.9. The lowest BCUT2D eigenvalue weighted by Gasteiger charge is -1.94. The fraction of sp³-hybridized carbons (Fsp3) is 0.143. The monoisotopic (exact) mass is 376 g/mol. The number of hydrogen-bond donors (Lipinski definition) is 0. The first-order chi connectivity index (χ1) is 8.54. The normalized spacial score (nSPS) is 9.61. The second-order valence-electron chi connectivity index (χ2n) is 3.62. The lowest BCUT2D eigenvalue weighted by atomic mass is 10.2. The average molecular weight is 378 g/mol. The van der Waals surface area contributed by atoms with Crippen LogP contribution < -0.4 is 0 Å². The molecule has 0 aliphatic rings. The third-order valence-corrected chi connectivity index (χ3v) is 3.86. The number of halogens is 4. The molecule has 0 aromatic heterocycles. The van der Waals surface area contributed by atoms with Crippen molar-refractivity contribution in [3.05, 3.63) is 68.4 Å². The van der Waals surface area contributed by atoms with Gasteiger partial charge >= 0.3 is 0 Å². The maximum atomic E-state index is 12.3. The van der Waals surface area contributed by atoms with Crippen molar-refractivity contribution in [2.75, 3.05) is 0 Å². The van der Waals surface area contributed by atoms with E-state index in [9.17, 15) is 8.78 Å². The van der Waals surface area contributed by atoms with E-state index >= 15 is 0 Å². The first kappa shape index (κ1) is 15.3. The third kappa shape index (κ3) is 4.86. The van der Waals surface area contributed by atoms with Crippen molar-refractivity contribution >= 4 is 31.9 Å². The Bertz CT molecular complexity index is 513. The maximum absolute atomic E-state index is 12.3. The van der Waals surface area contributed by atoms with Crippen molar-refractivity contribution in [1.29, 1.82) is 0 Å². The van der Waals surface area contributed by atoms with Gasteiger partial charge in [-0.1, -0.05) is 56.1 Å². The van der Waals surface area contributed by atoms with Gasteiger partial charge in [-0.25, -0.2) is 8.78 Å². The Morgan fingerprint density at radius 3 is 2.11 bits per heavy atom. The van der Waals surface area contributed by atoms with Crippen LogP contribution in [-0.2, 0) is 6.67 Å². The highest BCUT2D eigenvalue weighted by Crippen LogP contribution is 2.16. The molecule has 0 aliphatic heterocycles. The molecule has 96 valence electrons. The van der Waals surface area contributed by atoms with Gasteiger partial charge in [-0.15, -0.1) is 0 Å². The van der Waals surface area contributed by atoms with Gasteiger partial charge in [-0.05, 0) is 36.2 Å². The van der Waals surface area contributed by atoms with E-state index in [0.717, 1.165) is 14.5 Å². The molecule has 0 saturated carbocycles. The molecular formula is C14H12Br2F2. The molecule has 18 heavy (non-hydrogen) atoms. The van der Waals surface area contributed by atoms with Crippen molar-refractivity contribution in [3.8, 4) is 0 Å². The Kier molecular flexibility index (Phi) is 6.50. The molecule has 0 unspecified atom stereocenters. The van der Waals surface area contributed by atoms with Crippen LogP contribution in [0.1, 0.15) is 11.1 Å². The van der Waals surface area contributed by atoms with Gasteiger partial charge in [0.25, 0.3) is 0 Å². The van der Waals surface area contributed by atoms with Crippen LogP contribution in [0.2, 0.25) is 0 Å². The van der Waals surface area contributed by atoms with E-state index in [-0.39, 0.29) is 5.82 Å². The molecule has 2 rings (SSSR count). The van der Waals surface area contributed by atoms with Gasteiger partial charge in [0, 0.05) is 8.95 Å². The standard InChI is InChI=1S/2C7H6BrF/c1-5-2-3-6(9)4-7(5)8;8-7-4-2-1-3-6(7)5-9/h2-4H,1H3;1-4H,5H2. The lowest BCUT2D eigenvalue weighted by molar-refractivity contribution is 0.484. The number of hydrogen-bond acceptors (Lipinski definition) is 0. The van der Waals surface area contributed by atoms with E-state index in [1.54, 1.807) is 12.1 Å². The molecule has 0 bridgehead atoms. The summed E-state index contributed by atoms with van der Waals surface area (Å²) >= 11 is 6.42. The summed E-state index contributed by atoms with van der Waals surface area (Å²) in [6.45, 7) is 1.52. The van der Waals surface area contributed by atoms with Crippen LogP contribution in [0.25, 0.3) is 0 Å². The topological polar surface area (TPSA) is 0 Å². The maximum Gasteiger partial charge on any atom is 0.124 e.